The third kappa shape index (κ3) is 3.48. The molecule has 2 heterocycles. The first kappa shape index (κ1) is 20.8. The van der Waals surface area contributed by atoms with Crippen LogP contribution in [0.3, 0.4) is 0 Å². The van der Waals surface area contributed by atoms with Crippen molar-refractivity contribution >= 4 is 31.6 Å². The summed E-state index contributed by atoms with van der Waals surface area (Å²) in [5.74, 6) is -0.737. The summed E-state index contributed by atoms with van der Waals surface area (Å²) in [7, 11) is -7.77. The molecule has 0 saturated carbocycles. The summed E-state index contributed by atoms with van der Waals surface area (Å²) in [6.07, 6.45) is 2.83. The topological polar surface area (TPSA) is 118 Å². The van der Waals surface area contributed by atoms with Gasteiger partial charge in [-0.15, -0.1) is 0 Å². The predicted octanol–water partition coefficient (Wildman–Crippen LogP) is 1.47. The van der Waals surface area contributed by atoms with Crippen molar-refractivity contribution in [1.29, 1.82) is 0 Å². The summed E-state index contributed by atoms with van der Waals surface area (Å²) in [5, 5.41) is 0. The number of hydrogen-bond acceptors (Lipinski definition) is 5. The number of carbonyl (C=O) groups excluding carboxylic acids is 1. The highest BCUT2D eigenvalue weighted by atomic mass is 32.2. The number of carbonyl (C=O) groups is 1. The van der Waals surface area contributed by atoms with E-state index in [0.29, 0.717) is 24.3 Å². The van der Waals surface area contributed by atoms with Crippen molar-refractivity contribution in [2.24, 2.45) is 5.73 Å². The number of nitrogens with zero attached hydrogens (tertiary/aromatic N) is 2. The minimum Gasteiger partial charge on any atom is -0.368 e. The molecule has 1 saturated heterocycles. The van der Waals surface area contributed by atoms with Gasteiger partial charge in [0.25, 0.3) is 10.0 Å². The molecule has 8 nitrogen and oxygen atoms in total. The smallest absolute Gasteiger partial charge is 0.265 e. The molecule has 0 unspecified atom stereocenters. The summed E-state index contributed by atoms with van der Waals surface area (Å²) in [6.45, 7) is 0.931. The van der Waals surface area contributed by atoms with Crippen molar-refractivity contribution < 1.29 is 21.6 Å². The third-order valence-corrected chi connectivity index (χ3v) is 9.34. The van der Waals surface area contributed by atoms with Gasteiger partial charge in [-0.05, 0) is 48.7 Å². The fraction of sp³-hybridized carbons (Fsp3) is 0.350. The lowest BCUT2D eigenvalue weighted by Crippen LogP contribution is -2.46. The first-order chi connectivity index (χ1) is 14.2. The highest BCUT2D eigenvalue weighted by molar-refractivity contribution is 7.93. The lowest BCUT2D eigenvalue weighted by Gasteiger charge is -2.26. The van der Waals surface area contributed by atoms with Crippen LogP contribution in [0.2, 0.25) is 0 Å². The molecular formula is C20H23N3O5S2. The Morgan fingerprint density at radius 1 is 0.833 bits per heavy atom. The van der Waals surface area contributed by atoms with Gasteiger partial charge in [-0.1, -0.05) is 24.6 Å². The summed E-state index contributed by atoms with van der Waals surface area (Å²) in [6, 6.07) is 11.0. The Bertz CT molecular complexity index is 1170. The van der Waals surface area contributed by atoms with Gasteiger partial charge < -0.3 is 5.73 Å². The molecule has 0 radical (unpaired) electrons. The van der Waals surface area contributed by atoms with E-state index < -0.39 is 32.0 Å². The molecule has 0 aliphatic carbocycles. The van der Waals surface area contributed by atoms with Gasteiger partial charge in [0, 0.05) is 19.5 Å². The van der Waals surface area contributed by atoms with E-state index >= 15 is 0 Å². The van der Waals surface area contributed by atoms with Gasteiger partial charge in [-0.3, -0.25) is 9.10 Å². The number of nitrogens with two attached hydrogens (primary N) is 1. The highest BCUT2D eigenvalue weighted by Crippen LogP contribution is 2.37. The van der Waals surface area contributed by atoms with E-state index in [4.69, 9.17) is 5.73 Å². The van der Waals surface area contributed by atoms with Crippen LogP contribution in [0.1, 0.15) is 24.8 Å². The van der Waals surface area contributed by atoms with Crippen molar-refractivity contribution in [2.45, 2.75) is 41.5 Å². The molecule has 30 heavy (non-hydrogen) atoms. The number of rotatable bonds is 5. The van der Waals surface area contributed by atoms with Crippen molar-refractivity contribution in [3.8, 4) is 0 Å². The highest BCUT2D eigenvalue weighted by Gasteiger charge is 2.41. The van der Waals surface area contributed by atoms with Crippen LogP contribution in [0.4, 0.5) is 5.69 Å². The Hall–Kier alpha value is -2.43. The van der Waals surface area contributed by atoms with Crippen molar-refractivity contribution in [1.82, 2.24) is 4.31 Å². The van der Waals surface area contributed by atoms with Gasteiger partial charge >= 0.3 is 0 Å². The average Bonchev–Trinajstić information content (AvgIpc) is 3.15. The normalized spacial score (nSPS) is 20.1. The second-order valence-electron chi connectivity index (χ2n) is 7.49. The molecule has 1 atom stereocenters. The Labute approximate surface area is 176 Å². The largest absolute Gasteiger partial charge is 0.368 e. The fourth-order valence-corrected chi connectivity index (χ4v) is 7.20. The maximum atomic E-state index is 13.3. The molecule has 1 fully saturated rings. The molecule has 2 aliphatic rings. The quantitative estimate of drug-likeness (QED) is 0.742. The molecule has 0 bridgehead atoms. The Morgan fingerprint density at radius 3 is 2.00 bits per heavy atom. The molecule has 10 heteroatoms. The molecule has 2 aliphatic heterocycles. The van der Waals surface area contributed by atoms with E-state index in [2.05, 4.69) is 0 Å². The van der Waals surface area contributed by atoms with Gasteiger partial charge in [-0.25, -0.2) is 16.8 Å². The predicted molar refractivity (Wildman–Crippen MR) is 112 cm³/mol. The lowest BCUT2D eigenvalue weighted by atomic mass is 10.1. The Morgan fingerprint density at radius 2 is 1.40 bits per heavy atom. The second-order valence-corrected chi connectivity index (χ2v) is 11.2. The van der Waals surface area contributed by atoms with Crippen LogP contribution in [0.15, 0.2) is 58.3 Å². The Balaban J connectivity index is 1.69. The zero-order valence-corrected chi connectivity index (χ0v) is 17.9. The van der Waals surface area contributed by atoms with Crippen molar-refractivity contribution in [3.63, 3.8) is 0 Å². The van der Waals surface area contributed by atoms with Crippen LogP contribution in [-0.2, 0) is 31.3 Å². The summed E-state index contributed by atoms with van der Waals surface area (Å²) < 4.78 is 54.8. The molecule has 0 spiro atoms. The van der Waals surface area contributed by atoms with Gasteiger partial charge in [0.05, 0.1) is 15.5 Å². The van der Waals surface area contributed by atoms with E-state index in [9.17, 15) is 21.6 Å². The van der Waals surface area contributed by atoms with Crippen LogP contribution in [0.5, 0.6) is 0 Å². The van der Waals surface area contributed by atoms with Gasteiger partial charge in [0.2, 0.25) is 15.9 Å². The second kappa shape index (κ2) is 7.68. The van der Waals surface area contributed by atoms with Gasteiger partial charge in [0.1, 0.15) is 6.04 Å². The van der Waals surface area contributed by atoms with Crippen LogP contribution in [0.25, 0.3) is 0 Å². The number of piperidine rings is 1. The number of hydrogen-bond donors (Lipinski definition) is 1. The molecule has 160 valence electrons. The van der Waals surface area contributed by atoms with Crippen LogP contribution < -0.4 is 10.0 Å². The number of benzene rings is 2. The number of fused-ring (bicyclic) bond motifs is 1. The van der Waals surface area contributed by atoms with Gasteiger partial charge in [0.15, 0.2) is 0 Å². The lowest BCUT2D eigenvalue weighted by molar-refractivity contribution is -0.118. The Kier molecular flexibility index (Phi) is 5.33. The maximum Gasteiger partial charge on any atom is 0.265 e. The monoisotopic (exact) mass is 449 g/mol. The summed E-state index contributed by atoms with van der Waals surface area (Å²) in [5.41, 5.74) is 6.60. The maximum absolute atomic E-state index is 13.3. The average molecular weight is 450 g/mol. The SMILES string of the molecule is NC(=O)[C@@H]1Cc2ccccc2N1S(=O)(=O)c1ccc(S(=O)(=O)N2CCCCC2)cc1. The number of amides is 1. The standard InChI is InChI=1S/C20H23N3O5S2/c21-20(24)19-14-15-6-2-3-7-18(15)23(19)30(27,28)17-10-8-16(9-11-17)29(25,26)22-12-4-1-5-13-22/h2-3,6-11,19H,1,4-5,12-14H2,(H2,21,24)/t19-/m0/s1. The molecule has 1 amide bonds. The molecule has 2 aromatic rings. The zero-order valence-electron chi connectivity index (χ0n) is 16.3. The first-order valence-corrected chi connectivity index (χ1v) is 12.6. The number of para-hydroxylation sites is 1. The van der Waals surface area contributed by atoms with E-state index in [1.165, 1.54) is 28.6 Å². The van der Waals surface area contributed by atoms with Gasteiger partial charge in [-0.2, -0.15) is 4.31 Å². The van der Waals surface area contributed by atoms with Crippen LogP contribution in [-0.4, -0.2) is 46.2 Å². The molecule has 4 rings (SSSR count). The fourth-order valence-electron chi connectivity index (χ4n) is 4.02. The number of primary amides is 1. The minimum absolute atomic E-state index is 0.0524. The molecule has 0 aromatic heterocycles. The van der Waals surface area contributed by atoms with E-state index in [0.717, 1.165) is 23.6 Å². The van der Waals surface area contributed by atoms with Crippen molar-refractivity contribution in [3.05, 3.63) is 54.1 Å². The molecule has 2 N–H and O–H groups in total. The zero-order chi connectivity index (χ0) is 21.5. The molecule has 2 aromatic carbocycles. The molecular weight excluding hydrogens is 426 g/mol. The minimum atomic E-state index is -4.11. The van der Waals surface area contributed by atoms with Crippen LogP contribution in [0, 0.1) is 0 Å². The third-order valence-electron chi connectivity index (χ3n) is 5.59. The van der Waals surface area contributed by atoms with Crippen molar-refractivity contribution in [2.75, 3.05) is 17.4 Å². The number of sulfonamides is 2. The van der Waals surface area contributed by atoms with Crippen LogP contribution >= 0.6 is 0 Å². The van der Waals surface area contributed by atoms with E-state index in [1.807, 2.05) is 0 Å². The van der Waals surface area contributed by atoms with E-state index in [-0.39, 0.29) is 16.2 Å². The summed E-state index contributed by atoms with van der Waals surface area (Å²) >= 11 is 0. The van der Waals surface area contributed by atoms with E-state index in [1.54, 1.807) is 24.3 Å². The first-order valence-electron chi connectivity index (χ1n) is 9.75. The summed E-state index contributed by atoms with van der Waals surface area (Å²) in [4.78, 5) is 11.9. The number of anilines is 1.